The first-order valence-electron chi connectivity index (χ1n) is 13.1. The van der Waals surface area contributed by atoms with E-state index in [9.17, 15) is 13.7 Å². The number of nitrogens with one attached hydrogen (secondary N) is 2. The van der Waals surface area contributed by atoms with Crippen LogP contribution in [-0.2, 0) is 17.1 Å². The molecule has 1 atom stereocenters. The average Bonchev–Trinajstić information content (AvgIpc) is 3.61. The average molecular weight is 561 g/mol. The van der Waals surface area contributed by atoms with E-state index in [1.54, 1.807) is 30.6 Å². The summed E-state index contributed by atoms with van der Waals surface area (Å²) >= 11 is 0. The molecule has 0 aliphatic carbocycles. The number of hydrogen-bond acceptors (Lipinski definition) is 9. The summed E-state index contributed by atoms with van der Waals surface area (Å²) in [6.07, 6.45) is 9.83. The Labute approximate surface area is 233 Å². The Hall–Kier alpha value is -4.12. The van der Waals surface area contributed by atoms with E-state index in [2.05, 4.69) is 31.4 Å². The molecule has 1 aliphatic heterocycles. The van der Waals surface area contributed by atoms with Gasteiger partial charge < -0.3 is 5.32 Å². The van der Waals surface area contributed by atoms with Crippen molar-refractivity contribution in [2.24, 2.45) is 13.0 Å². The van der Waals surface area contributed by atoms with E-state index in [4.69, 9.17) is 4.98 Å². The second-order valence-electron chi connectivity index (χ2n) is 10.0. The Morgan fingerprint density at radius 3 is 2.62 bits per heavy atom. The second-order valence-corrected chi connectivity index (χ2v) is 11.6. The van der Waals surface area contributed by atoms with Crippen molar-refractivity contribution in [3.05, 3.63) is 66.7 Å². The van der Waals surface area contributed by atoms with Gasteiger partial charge in [0.2, 0.25) is 5.95 Å². The number of nitriles is 1. The summed E-state index contributed by atoms with van der Waals surface area (Å²) in [5.74, 6) is 0.836. The van der Waals surface area contributed by atoms with Gasteiger partial charge in [-0.2, -0.15) is 15.5 Å². The number of aromatic nitrogens is 6. The van der Waals surface area contributed by atoms with Crippen molar-refractivity contribution in [1.82, 2.24) is 39.4 Å². The van der Waals surface area contributed by atoms with Crippen molar-refractivity contribution in [1.29, 1.82) is 5.26 Å². The number of anilines is 2. The molecule has 1 saturated heterocycles. The number of hydrazine groups is 1. The Bertz CT molecular complexity index is 1580. The molecule has 4 heterocycles. The summed E-state index contributed by atoms with van der Waals surface area (Å²) in [5.41, 5.74) is 3.47. The van der Waals surface area contributed by atoms with Crippen molar-refractivity contribution in [2.45, 2.75) is 43.7 Å². The van der Waals surface area contributed by atoms with Crippen LogP contribution in [-0.4, -0.2) is 56.0 Å². The van der Waals surface area contributed by atoms with Gasteiger partial charge in [0, 0.05) is 50.0 Å². The minimum absolute atomic E-state index is 0.00239. The molecule has 0 amide bonds. The van der Waals surface area contributed by atoms with Crippen LogP contribution in [0.4, 0.5) is 11.6 Å². The molecule has 0 saturated carbocycles. The summed E-state index contributed by atoms with van der Waals surface area (Å²) in [6.45, 7) is 3.12. The van der Waals surface area contributed by atoms with Crippen molar-refractivity contribution in [2.75, 3.05) is 18.4 Å². The molecule has 5 rings (SSSR count). The predicted molar refractivity (Wildman–Crippen MR) is 149 cm³/mol. The third kappa shape index (κ3) is 6.53. The molecule has 208 valence electrons. The quantitative estimate of drug-likeness (QED) is 0.297. The SMILES string of the molecule is Cc1cnc(Nc2ccccc2)nc1-c1cnn(C(CC#N)CC2CCN(NS(=O)(=O)c3ccn(C)n3)CC2)c1. The number of benzene rings is 1. The number of aryl methyl sites for hydroxylation is 2. The minimum Gasteiger partial charge on any atom is -0.324 e. The van der Waals surface area contributed by atoms with E-state index >= 15 is 0 Å². The van der Waals surface area contributed by atoms with Crippen LogP contribution >= 0.6 is 0 Å². The summed E-state index contributed by atoms with van der Waals surface area (Å²) in [5, 5.41) is 23.1. The molecule has 0 radical (unpaired) electrons. The van der Waals surface area contributed by atoms with Crippen LogP contribution in [0.1, 0.15) is 37.3 Å². The Morgan fingerprint density at radius 2 is 1.93 bits per heavy atom. The number of rotatable bonds is 10. The highest BCUT2D eigenvalue weighted by Gasteiger charge is 2.27. The Kier molecular flexibility index (Phi) is 8.20. The fourth-order valence-corrected chi connectivity index (χ4v) is 5.99. The first-order chi connectivity index (χ1) is 19.3. The lowest BCUT2D eigenvalue weighted by Gasteiger charge is -2.33. The molecule has 0 bridgehead atoms. The van der Waals surface area contributed by atoms with Crippen LogP contribution in [0.5, 0.6) is 0 Å². The maximum atomic E-state index is 12.6. The Morgan fingerprint density at radius 1 is 1.15 bits per heavy atom. The lowest BCUT2D eigenvalue weighted by Crippen LogP contribution is -2.46. The molecule has 1 aromatic carbocycles. The highest BCUT2D eigenvalue weighted by molar-refractivity contribution is 7.89. The largest absolute Gasteiger partial charge is 0.324 e. The molecule has 40 heavy (non-hydrogen) atoms. The third-order valence-corrected chi connectivity index (χ3v) is 8.28. The number of piperidine rings is 1. The highest BCUT2D eigenvalue weighted by atomic mass is 32.2. The maximum absolute atomic E-state index is 12.6. The fraction of sp³-hybridized carbons (Fsp3) is 0.370. The number of para-hydroxylation sites is 1. The van der Waals surface area contributed by atoms with Crippen molar-refractivity contribution >= 4 is 21.7 Å². The van der Waals surface area contributed by atoms with Crippen LogP contribution in [0, 0.1) is 24.2 Å². The maximum Gasteiger partial charge on any atom is 0.272 e. The molecular weight excluding hydrogens is 528 g/mol. The molecule has 4 aromatic rings. The lowest BCUT2D eigenvalue weighted by molar-refractivity contribution is 0.145. The smallest absolute Gasteiger partial charge is 0.272 e. The zero-order chi connectivity index (χ0) is 28.1. The first kappa shape index (κ1) is 27.4. The fourth-order valence-electron chi connectivity index (χ4n) is 4.89. The van der Waals surface area contributed by atoms with E-state index in [1.165, 1.54) is 10.7 Å². The van der Waals surface area contributed by atoms with Crippen LogP contribution in [0.15, 0.2) is 66.2 Å². The molecule has 2 N–H and O–H groups in total. The lowest BCUT2D eigenvalue weighted by atomic mass is 9.90. The zero-order valence-electron chi connectivity index (χ0n) is 22.5. The molecule has 13 heteroatoms. The molecule has 12 nitrogen and oxygen atoms in total. The molecule has 1 unspecified atom stereocenters. The third-order valence-electron chi connectivity index (χ3n) is 7.01. The Balaban J connectivity index is 1.22. The molecule has 3 aromatic heterocycles. The predicted octanol–water partition coefficient (Wildman–Crippen LogP) is 3.58. The summed E-state index contributed by atoms with van der Waals surface area (Å²) in [6, 6.07) is 13.4. The van der Waals surface area contributed by atoms with Gasteiger partial charge in [-0.05, 0) is 55.9 Å². The van der Waals surface area contributed by atoms with Gasteiger partial charge in [0.25, 0.3) is 10.0 Å². The van der Waals surface area contributed by atoms with Gasteiger partial charge in [0.1, 0.15) is 0 Å². The summed E-state index contributed by atoms with van der Waals surface area (Å²) in [7, 11) is -2.03. The van der Waals surface area contributed by atoms with Gasteiger partial charge >= 0.3 is 0 Å². The molecular formula is C27H32N10O2S. The van der Waals surface area contributed by atoms with E-state index < -0.39 is 10.0 Å². The van der Waals surface area contributed by atoms with Crippen molar-refractivity contribution in [3.8, 4) is 17.3 Å². The van der Waals surface area contributed by atoms with Crippen LogP contribution < -0.4 is 10.1 Å². The number of sulfonamides is 1. The van der Waals surface area contributed by atoms with E-state index in [0.29, 0.717) is 31.4 Å². The number of hydrogen-bond donors (Lipinski definition) is 2. The first-order valence-corrected chi connectivity index (χ1v) is 14.6. The minimum atomic E-state index is -3.71. The van der Waals surface area contributed by atoms with Crippen LogP contribution in [0.25, 0.3) is 11.3 Å². The van der Waals surface area contributed by atoms with Gasteiger partial charge in [-0.15, -0.1) is 4.83 Å². The molecule has 1 fully saturated rings. The van der Waals surface area contributed by atoms with Crippen LogP contribution in [0.3, 0.4) is 0 Å². The summed E-state index contributed by atoms with van der Waals surface area (Å²) in [4.78, 5) is 11.8. The van der Waals surface area contributed by atoms with E-state index in [-0.39, 0.29) is 11.1 Å². The summed E-state index contributed by atoms with van der Waals surface area (Å²) < 4.78 is 28.5. The van der Waals surface area contributed by atoms with E-state index in [1.807, 2.05) is 48.1 Å². The monoisotopic (exact) mass is 560 g/mol. The molecule has 0 spiro atoms. The van der Waals surface area contributed by atoms with Gasteiger partial charge in [-0.25, -0.2) is 23.4 Å². The molecule has 1 aliphatic rings. The highest BCUT2D eigenvalue weighted by Crippen LogP contribution is 2.30. The zero-order valence-corrected chi connectivity index (χ0v) is 23.3. The van der Waals surface area contributed by atoms with Gasteiger partial charge in [0.15, 0.2) is 5.03 Å². The standard InChI is InChI=1S/C27H32N10O2S/c1-20-17-29-27(31-23-6-4-3-5-7-23)32-26(20)22-18-30-37(19-22)24(8-12-28)16-21-9-14-36(15-10-21)34-40(38,39)25-11-13-35(2)33-25/h3-7,11,13,17-19,21,24,34H,8-10,14-16H2,1-2H3,(H,29,31,32). The van der Waals surface area contributed by atoms with Crippen molar-refractivity contribution < 1.29 is 8.42 Å². The van der Waals surface area contributed by atoms with Gasteiger partial charge in [-0.1, -0.05) is 18.2 Å². The van der Waals surface area contributed by atoms with Crippen LogP contribution in [0.2, 0.25) is 0 Å². The normalized spacial score (nSPS) is 15.5. The van der Waals surface area contributed by atoms with Crippen molar-refractivity contribution in [3.63, 3.8) is 0 Å². The van der Waals surface area contributed by atoms with Gasteiger partial charge in [-0.3, -0.25) is 9.36 Å². The van der Waals surface area contributed by atoms with Gasteiger partial charge in [0.05, 0.1) is 30.4 Å². The van der Waals surface area contributed by atoms with E-state index in [0.717, 1.165) is 41.8 Å². The second kappa shape index (κ2) is 12.0. The topological polar surface area (TPSA) is 147 Å². The number of nitrogens with zero attached hydrogens (tertiary/aromatic N) is 8.